The second-order valence-corrected chi connectivity index (χ2v) is 5.06. The van der Waals surface area contributed by atoms with Crippen molar-refractivity contribution in [3.63, 3.8) is 0 Å². The van der Waals surface area contributed by atoms with Gasteiger partial charge in [-0.2, -0.15) is 0 Å². The van der Waals surface area contributed by atoms with E-state index in [2.05, 4.69) is 0 Å². The van der Waals surface area contributed by atoms with Crippen LogP contribution in [0.25, 0.3) is 0 Å². The minimum absolute atomic E-state index is 0.260. The van der Waals surface area contributed by atoms with Crippen LogP contribution in [0.3, 0.4) is 0 Å². The molecule has 0 fully saturated rings. The molecule has 0 saturated carbocycles. The number of ether oxygens (including phenoxy) is 1. The summed E-state index contributed by atoms with van der Waals surface area (Å²) in [6.45, 7) is 7.11. The summed E-state index contributed by atoms with van der Waals surface area (Å²) in [5.74, 6) is -0.485. The molecule has 0 bridgehead atoms. The monoisotopic (exact) mass is 248 g/mol. The summed E-state index contributed by atoms with van der Waals surface area (Å²) in [5, 5.41) is 10.2. The quantitative estimate of drug-likeness (QED) is 0.660. The lowest BCUT2D eigenvalue weighted by Gasteiger charge is -2.22. The Morgan fingerprint density at radius 1 is 1.28 bits per heavy atom. The van der Waals surface area contributed by atoms with E-state index in [1.54, 1.807) is 45.9 Å². The molecule has 1 aromatic carbocycles. The number of esters is 1. The van der Waals surface area contributed by atoms with E-state index in [9.17, 15) is 9.90 Å². The van der Waals surface area contributed by atoms with Crippen LogP contribution in [0.1, 0.15) is 39.4 Å². The van der Waals surface area contributed by atoms with Crippen LogP contribution in [-0.2, 0) is 9.53 Å². The normalized spacial score (nSPS) is 14.2. The molecule has 0 heterocycles. The standard InChI is InChI=1S/C15H20O3/c1-5-12(14(17)18-15(2,3)4)13(16)11-9-7-6-8-10-11/h5-10,13,16H,1-4H3/b12-5+/t13-/m1/s1. The average molecular weight is 248 g/mol. The number of benzene rings is 1. The van der Waals surface area contributed by atoms with Crippen molar-refractivity contribution in [2.75, 3.05) is 0 Å². The Morgan fingerprint density at radius 3 is 2.28 bits per heavy atom. The highest BCUT2D eigenvalue weighted by molar-refractivity contribution is 5.90. The zero-order valence-electron chi connectivity index (χ0n) is 11.3. The van der Waals surface area contributed by atoms with E-state index in [1.165, 1.54) is 0 Å². The molecule has 0 aliphatic heterocycles. The van der Waals surface area contributed by atoms with Crippen molar-refractivity contribution >= 4 is 5.97 Å². The Hall–Kier alpha value is -1.61. The summed E-state index contributed by atoms with van der Waals surface area (Å²) in [4.78, 5) is 12.0. The van der Waals surface area contributed by atoms with E-state index < -0.39 is 17.7 Å². The second-order valence-electron chi connectivity index (χ2n) is 5.06. The Balaban J connectivity index is 2.89. The topological polar surface area (TPSA) is 46.5 Å². The second kappa shape index (κ2) is 5.83. The van der Waals surface area contributed by atoms with Gasteiger partial charge in [-0.25, -0.2) is 4.79 Å². The van der Waals surface area contributed by atoms with Crippen LogP contribution in [0, 0.1) is 0 Å². The van der Waals surface area contributed by atoms with Gasteiger partial charge in [0.25, 0.3) is 0 Å². The van der Waals surface area contributed by atoms with Gasteiger partial charge in [0.05, 0.1) is 5.57 Å². The van der Waals surface area contributed by atoms with Crippen LogP contribution in [-0.4, -0.2) is 16.7 Å². The highest BCUT2D eigenvalue weighted by Crippen LogP contribution is 2.24. The molecule has 0 aliphatic carbocycles. The van der Waals surface area contributed by atoms with Crippen molar-refractivity contribution in [3.8, 4) is 0 Å². The molecule has 0 saturated heterocycles. The van der Waals surface area contributed by atoms with Gasteiger partial charge in [-0.1, -0.05) is 36.4 Å². The molecule has 3 heteroatoms. The zero-order chi connectivity index (χ0) is 13.8. The molecule has 1 aromatic rings. The molecule has 0 aromatic heterocycles. The number of aliphatic hydroxyl groups is 1. The lowest BCUT2D eigenvalue weighted by molar-refractivity contribution is -0.151. The van der Waals surface area contributed by atoms with Crippen molar-refractivity contribution in [3.05, 3.63) is 47.5 Å². The summed E-state index contributed by atoms with van der Waals surface area (Å²) in [5.41, 5.74) is 0.370. The Bertz CT molecular complexity index is 427. The largest absolute Gasteiger partial charge is 0.457 e. The maximum atomic E-state index is 12.0. The van der Waals surface area contributed by atoms with E-state index in [1.807, 2.05) is 18.2 Å². The molecular formula is C15H20O3. The number of carbonyl (C=O) groups is 1. The number of aliphatic hydroxyl groups excluding tert-OH is 1. The molecule has 0 unspecified atom stereocenters. The molecule has 98 valence electrons. The molecule has 1 N–H and O–H groups in total. The fourth-order valence-electron chi connectivity index (χ4n) is 1.54. The molecule has 0 aliphatic rings. The SMILES string of the molecule is C/C=C(/C(=O)OC(C)(C)C)[C@H](O)c1ccccc1. The van der Waals surface area contributed by atoms with E-state index in [0.29, 0.717) is 5.56 Å². The van der Waals surface area contributed by atoms with Crippen LogP contribution >= 0.6 is 0 Å². The number of hydrogen-bond donors (Lipinski definition) is 1. The van der Waals surface area contributed by atoms with Crippen LogP contribution in [0.2, 0.25) is 0 Å². The summed E-state index contributed by atoms with van der Waals surface area (Å²) < 4.78 is 5.27. The van der Waals surface area contributed by atoms with Crippen molar-refractivity contribution in [2.24, 2.45) is 0 Å². The Kier molecular flexibility index (Phi) is 4.68. The third kappa shape index (κ3) is 4.00. The van der Waals surface area contributed by atoms with Gasteiger partial charge in [-0.3, -0.25) is 0 Å². The summed E-state index contributed by atoms with van der Waals surface area (Å²) in [6.07, 6.45) is 0.636. The van der Waals surface area contributed by atoms with E-state index in [0.717, 1.165) is 0 Å². The predicted octanol–water partition coefficient (Wildman–Crippen LogP) is 3.01. The fourth-order valence-corrected chi connectivity index (χ4v) is 1.54. The predicted molar refractivity (Wildman–Crippen MR) is 71.0 cm³/mol. The lowest BCUT2D eigenvalue weighted by atomic mass is 10.0. The number of carbonyl (C=O) groups excluding carboxylic acids is 1. The fraction of sp³-hybridized carbons (Fsp3) is 0.400. The molecule has 0 spiro atoms. The van der Waals surface area contributed by atoms with E-state index in [-0.39, 0.29) is 5.57 Å². The van der Waals surface area contributed by atoms with Gasteiger partial charge in [-0.15, -0.1) is 0 Å². The highest BCUT2D eigenvalue weighted by Gasteiger charge is 2.25. The third-order valence-electron chi connectivity index (χ3n) is 2.36. The minimum Gasteiger partial charge on any atom is -0.457 e. The summed E-state index contributed by atoms with van der Waals surface area (Å²) in [7, 11) is 0. The van der Waals surface area contributed by atoms with Gasteiger partial charge in [0.15, 0.2) is 0 Å². The summed E-state index contributed by atoms with van der Waals surface area (Å²) >= 11 is 0. The lowest BCUT2D eigenvalue weighted by Crippen LogP contribution is -2.26. The number of allylic oxidation sites excluding steroid dienone is 1. The van der Waals surface area contributed by atoms with Gasteiger partial charge in [0, 0.05) is 0 Å². The molecule has 3 nitrogen and oxygen atoms in total. The number of rotatable bonds is 3. The maximum absolute atomic E-state index is 12.0. The first-order valence-corrected chi connectivity index (χ1v) is 5.97. The molecule has 1 atom stereocenters. The minimum atomic E-state index is -0.953. The molecule has 0 amide bonds. The molecule has 1 rings (SSSR count). The average Bonchev–Trinajstić information content (AvgIpc) is 2.28. The van der Waals surface area contributed by atoms with E-state index >= 15 is 0 Å². The molecule has 18 heavy (non-hydrogen) atoms. The van der Waals surface area contributed by atoms with Crippen LogP contribution in [0.4, 0.5) is 0 Å². The smallest absolute Gasteiger partial charge is 0.337 e. The van der Waals surface area contributed by atoms with Gasteiger partial charge in [-0.05, 0) is 33.3 Å². The van der Waals surface area contributed by atoms with Crippen LogP contribution in [0.5, 0.6) is 0 Å². The third-order valence-corrected chi connectivity index (χ3v) is 2.36. The Morgan fingerprint density at radius 2 is 1.83 bits per heavy atom. The van der Waals surface area contributed by atoms with Crippen molar-refractivity contribution < 1.29 is 14.6 Å². The molecule has 0 radical (unpaired) electrons. The maximum Gasteiger partial charge on any atom is 0.337 e. The highest BCUT2D eigenvalue weighted by atomic mass is 16.6. The van der Waals surface area contributed by atoms with E-state index in [4.69, 9.17) is 4.74 Å². The van der Waals surface area contributed by atoms with Crippen molar-refractivity contribution in [1.82, 2.24) is 0 Å². The van der Waals surface area contributed by atoms with Crippen LogP contribution in [0.15, 0.2) is 42.0 Å². The van der Waals surface area contributed by atoms with Crippen LogP contribution < -0.4 is 0 Å². The Labute approximate surface area is 108 Å². The zero-order valence-corrected chi connectivity index (χ0v) is 11.3. The first-order valence-electron chi connectivity index (χ1n) is 5.97. The van der Waals surface area contributed by atoms with Gasteiger partial charge in [0.1, 0.15) is 11.7 Å². The first kappa shape index (κ1) is 14.5. The van der Waals surface area contributed by atoms with Crippen molar-refractivity contribution in [1.29, 1.82) is 0 Å². The first-order chi connectivity index (χ1) is 8.35. The molecular weight excluding hydrogens is 228 g/mol. The van der Waals surface area contributed by atoms with Gasteiger partial charge in [0.2, 0.25) is 0 Å². The van der Waals surface area contributed by atoms with Gasteiger partial charge >= 0.3 is 5.97 Å². The summed E-state index contributed by atoms with van der Waals surface area (Å²) in [6, 6.07) is 9.05. The van der Waals surface area contributed by atoms with Gasteiger partial charge < -0.3 is 9.84 Å². The van der Waals surface area contributed by atoms with Crippen molar-refractivity contribution in [2.45, 2.75) is 39.4 Å². The number of hydrogen-bond acceptors (Lipinski definition) is 3.